The number of amides is 2. The molecule has 0 saturated heterocycles. The standard InChI is InChI=1S/C25H22F4N4O5/c1-23(22(30)35)11-38-20-14(23)8-18(33-19(20)12-2-4-13(26)5-3-12)24(36,25(27,28)29)10-31-21(34)16-9-17-15(32-16)6-7-37-17/h2-9,15,17,32,36H,10-11H2,1H3,(H2,30,35)(H,31,34)/t15?,17?,23-,24-/m0/s1. The largest absolute Gasteiger partial charge is 0.492 e. The van der Waals surface area contributed by atoms with Gasteiger partial charge in [0.25, 0.3) is 5.91 Å². The molecule has 9 nitrogen and oxygen atoms in total. The van der Waals surface area contributed by atoms with E-state index in [1.807, 2.05) is 0 Å². The summed E-state index contributed by atoms with van der Waals surface area (Å²) in [5.74, 6) is -2.39. The van der Waals surface area contributed by atoms with E-state index in [-0.39, 0.29) is 40.9 Å². The number of nitrogens with zero attached hydrogens (tertiary/aromatic N) is 1. The van der Waals surface area contributed by atoms with Crippen LogP contribution in [0.4, 0.5) is 17.6 Å². The minimum Gasteiger partial charge on any atom is -0.492 e. The lowest BCUT2D eigenvalue weighted by atomic mass is 9.81. The summed E-state index contributed by atoms with van der Waals surface area (Å²) in [6.45, 7) is -0.195. The van der Waals surface area contributed by atoms with Crippen molar-refractivity contribution < 1.29 is 41.7 Å². The molecule has 5 N–H and O–H groups in total. The SMILES string of the molecule is C[C@]1(C(N)=O)COc2c1cc([C@@](O)(CNC(=O)C1=CC3OC=CC3N1)C(F)(F)F)nc2-c1ccc(F)cc1. The predicted molar refractivity (Wildman–Crippen MR) is 124 cm³/mol. The van der Waals surface area contributed by atoms with Gasteiger partial charge in [-0.05, 0) is 49.4 Å². The number of carbonyl (C=O) groups is 2. The van der Waals surface area contributed by atoms with Gasteiger partial charge in [0.2, 0.25) is 11.5 Å². The van der Waals surface area contributed by atoms with Crippen LogP contribution in [0.5, 0.6) is 5.75 Å². The molecule has 5 rings (SSSR count). The second kappa shape index (κ2) is 8.72. The van der Waals surface area contributed by atoms with Crippen molar-refractivity contribution in [1.82, 2.24) is 15.6 Å². The first-order valence-corrected chi connectivity index (χ1v) is 11.5. The number of nitrogens with two attached hydrogens (primary N) is 1. The van der Waals surface area contributed by atoms with Gasteiger partial charge in [0.05, 0.1) is 24.5 Å². The zero-order valence-electron chi connectivity index (χ0n) is 19.8. The molecular formula is C25H22F4N4O5. The molecule has 2 aromatic rings. The maximum absolute atomic E-state index is 14.4. The van der Waals surface area contributed by atoms with Gasteiger partial charge in [-0.15, -0.1) is 0 Å². The lowest BCUT2D eigenvalue weighted by Gasteiger charge is -2.31. The number of alkyl halides is 3. The number of halogens is 4. The van der Waals surface area contributed by atoms with Crippen molar-refractivity contribution in [2.24, 2.45) is 5.73 Å². The Hall–Kier alpha value is -4.13. The highest BCUT2D eigenvalue weighted by atomic mass is 19.4. The van der Waals surface area contributed by atoms with Crippen molar-refractivity contribution >= 4 is 11.8 Å². The Morgan fingerprint density at radius 2 is 2.00 bits per heavy atom. The Morgan fingerprint density at radius 1 is 1.29 bits per heavy atom. The number of rotatable bonds is 6. The first-order chi connectivity index (χ1) is 17.8. The Bertz CT molecular complexity index is 1380. The van der Waals surface area contributed by atoms with E-state index in [2.05, 4.69) is 15.6 Å². The molecule has 2 unspecified atom stereocenters. The normalized spacial score (nSPS) is 24.8. The van der Waals surface area contributed by atoms with Crippen LogP contribution in [0.3, 0.4) is 0 Å². The topological polar surface area (TPSA) is 136 Å². The monoisotopic (exact) mass is 534 g/mol. The Balaban J connectivity index is 1.56. The molecule has 1 aromatic carbocycles. The zero-order chi connectivity index (χ0) is 27.5. The number of primary amides is 1. The molecule has 0 radical (unpaired) electrons. The predicted octanol–water partition coefficient (Wildman–Crippen LogP) is 1.66. The second-order valence-electron chi connectivity index (χ2n) is 9.45. The lowest BCUT2D eigenvalue weighted by Crippen LogP contribution is -2.52. The number of hydrogen-bond donors (Lipinski definition) is 4. The minimum absolute atomic E-state index is 0.0162. The molecule has 0 bridgehead atoms. The fraction of sp³-hybridized carbons (Fsp3) is 0.320. The van der Waals surface area contributed by atoms with Crippen LogP contribution in [0.1, 0.15) is 18.2 Å². The smallest absolute Gasteiger partial charge is 0.424 e. The molecule has 0 fully saturated rings. The minimum atomic E-state index is -5.32. The molecule has 0 saturated carbocycles. The average molecular weight is 534 g/mol. The van der Waals surface area contributed by atoms with Crippen molar-refractivity contribution in [3.63, 3.8) is 0 Å². The number of hydrogen-bond acceptors (Lipinski definition) is 7. The van der Waals surface area contributed by atoms with Crippen LogP contribution in [0.2, 0.25) is 0 Å². The zero-order valence-corrected chi connectivity index (χ0v) is 19.8. The fourth-order valence-electron chi connectivity index (χ4n) is 4.46. The average Bonchev–Trinajstić information content (AvgIpc) is 3.56. The van der Waals surface area contributed by atoms with E-state index < -0.39 is 53.2 Å². The quantitative estimate of drug-likeness (QED) is 0.414. The van der Waals surface area contributed by atoms with E-state index >= 15 is 0 Å². The van der Waals surface area contributed by atoms with Crippen molar-refractivity contribution in [1.29, 1.82) is 0 Å². The van der Waals surface area contributed by atoms with Gasteiger partial charge in [-0.2, -0.15) is 13.2 Å². The third kappa shape index (κ3) is 4.02. The number of ether oxygens (including phenoxy) is 2. The van der Waals surface area contributed by atoms with Gasteiger partial charge in [0.1, 0.15) is 41.1 Å². The van der Waals surface area contributed by atoms with Crippen LogP contribution in [-0.4, -0.2) is 53.4 Å². The molecular weight excluding hydrogens is 512 g/mol. The number of carbonyl (C=O) groups excluding carboxylic acids is 2. The van der Waals surface area contributed by atoms with Crippen molar-refractivity contribution in [2.45, 2.75) is 36.3 Å². The molecule has 1 aromatic heterocycles. The summed E-state index contributed by atoms with van der Waals surface area (Å²) in [4.78, 5) is 29.0. The van der Waals surface area contributed by atoms with E-state index in [1.165, 1.54) is 31.4 Å². The molecule has 13 heteroatoms. The van der Waals surface area contributed by atoms with Crippen molar-refractivity contribution in [3.8, 4) is 17.0 Å². The fourth-order valence-corrected chi connectivity index (χ4v) is 4.46. The van der Waals surface area contributed by atoms with Crippen LogP contribution in [0.15, 0.2) is 54.4 Å². The van der Waals surface area contributed by atoms with E-state index in [0.717, 1.165) is 18.2 Å². The molecule has 4 heterocycles. The van der Waals surface area contributed by atoms with Gasteiger partial charge < -0.3 is 30.9 Å². The van der Waals surface area contributed by atoms with Gasteiger partial charge in [0.15, 0.2) is 0 Å². The van der Waals surface area contributed by atoms with E-state index in [9.17, 15) is 32.3 Å². The highest BCUT2D eigenvalue weighted by Crippen LogP contribution is 2.47. The second-order valence-corrected chi connectivity index (χ2v) is 9.45. The van der Waals surface area contributed by atoms with E-state index in [1.54, 1.807) is 6.08 Å². The summed E-state index contributed by atoms with van der Waals surface area (Å²) >= 11 is 0. The maximum Gasteiger partial charge on any atom is 0.424 e. The highest BCUT2D eigenvalue weighted by Gasteiger charge is 2.58. The van der Waals surface area contributed by atoms with E-state index in [0.29, 0.717) is 0 Å². The number of fused-ring (bicyclic) bond motifs is 2. The van der Waals surface area contributed by atoms with Crippen molar-refractivity contribution in [2.75, 3.05) is 13.2 Å². The Morgan fingerprint density at radius 3 is 2.63 bits per heavy atom. The summed E-state index contributed by atoms with van der Waals surface area (Å²) < 4.78 is 67.7. The molecule has 3 aliphatic rings. The van der Waals surface area contributed by atoms with Crippen LogP contribution in [-0.2, 0) is 25.3 Å². The van der Waals surface area contributed by atoms with Gasteiger partial charge >= 0.3 is 6.18 Å². The summed E-state index contributed by atoms with van der Waals surface area (Å²) in [6, 6.07) is 5.25. The number of benzene rings is 1. The number of aromatic nitrogens is 1. The molecule has 3 aliphatic heterocycles. The number of pyridine rings is 1. The van der Waals surface area contributed by atoms with Gasteiger partial charge in [-0.3, -0.25) is 9.59 Å². The van der Waals surface area contributed by atoms with Gasteiger partial charge in [-0.1, -0.05) is 0 Å². The van der Waals surface area contributed by atoms with Crippen molar-refractivity contribution in [3.05, 3.63) is 71.5 Å². The summed E-state index contributed by atoms with van der Waals surface area (Å²) in [5, 5.41) is 16.0. The summed E-state index contributed by atoms with van der Waals surface area (Å²) in [6.07, 6.45) is -1.28. The molecule has 38 heavy (non-hydrogen) atoms. The molecule has 0 spiro atoms. The summed E-state index contributed by atoms with van der Waals surface area (Å²) in [7, 11) is 0. The Labute approximate surface area is 213 Å². The maximum atomic E-state index is 14.4. The van der Waals surface area contributed by atoms with Crippen LogP contribution in [0.25, 0.3) is 11.3 Å². The molecule has 0 aliphatic carbocycles. The molecule has 200 valence electrons. The number of nitrogens with one attached hydrogen (secondary N) is 2. The molecule has 2 amide bonds. The number of aliphatic hydroxyl groups is 1. The first kappa shape index (κ1) is 25.5. The third-order valence-corrected chi connectivity index (χ3v) is 6.90. The van der Waals surface area contributed by atoms with Gasteiger partial charge in [-0.25, -0.2) is 9.37 Å². The van der Waals surface area contributed by atoms with Gasteiger partial charge in [0, 0.05) is 11.1 Å². The summed E-state index contributed by atoms with van der Waals surface area (Å²) in [5.41, 5.74) is -0.608. The third-order valence-electron chi connectivity index (χ3n) is 6.90. The van der Waals surface area contributed by atoms with Crippen LogP contribution >= 0.6 is 0 Å². The van der Waals surface area contributed by atoms with E-state index in [4.69, 9.17) is 15.2 Å². The highest BCUT2D eigenvalue weighted by molar-refractivity contribution is 5.94. The van der Waals surface area contributed by atoms with Crippen LogP contribution in [0, 0.1) is 5.82 Å². The first-order valence-electron chi connectivity index (χ1n) is 11.5. The Kier molecular flexibility index (Phi) is 5.86. The van der Waals surface area contributed by atoms with Crippen LogP contribution < -0.4 is 21.1 Å². The lowest BCUT2D eigenvalue weighted by molar-refractivity contribution is -0.265. The molecule has 4 atom stereocenters.